The Balaban J connectivity index is 1.73. The largest absolute Gasteiger partial charge is 0.496 e. The van der Waals surface area contributed by atoms with Gasteiger partial charge in [0.25, 0.3) is 5.91 Å². The molecule has 2 aromatic carbocycles. The summed E-state index contributed by atoms with van der Waals surface area (Å²) in [6.07, 6.45) is 1.76. The Morgan fingerprint density at radius 3 is 2.54 bits per heavy atom. The topological polar surface area (TPSA) is 58.6 Å². The van der Waals surface area contributed by atoms with Gasteiger partial charge in [-0.05, 0) is 57.2 Å². The van der Waals surface area contributed by atoms with Crippen LogP contribution < -0.4 is 10.1 Å². The average Bonchev–Trinajstić information content (AvgIpc) is 2.68. The predicted molar refractivity (Wildman–Crippen MR) is 102 cm³/mol. The zero-order valence-corrected chi connectivity index (χ0v) is 15.2. The van der Waals surface area contributed by atoms with E-state index in [2.05, 4.69) is 17.3 Å². The summed E-state index contributed by atoms with van der Waals surface area (Å²) in [7, 11) is 3.61. The Hall–Kier alpha value is -2.66. The van der Waals surface area contributed by atoms with Crippen molar-refractivity contribution in [2.75, 3.05) is 32.6 Å². The third-order valence-corrected chi connectivity index (χ3v) is 4.85. The van der Waals surface area contributed by atoms with E-state index < -0.39 is 0 Å². The van der Waals surface area contributed by atoms with Crippen molar-refractivity contribution >= 4 is 17.4 Å². The molecule has 1 amide bonds. The SMILES string of the molecule is COc1ccccc1C(=O)Nc1cccc(C(=O)C2CCN(C)CC2)c1. The smallest absolute Gasteiger partial charge is 0.259 e. The van der Waals surface area contributed by atoms with E-state index in [1.165, 1.54) is 7.11 Å². The molecule has 136 valence electrons. The number of likely N-dealkylation sites (tertiary alicyclic amines) is 1. The summed E-state index contributed by atoms with van der Waals surface area (Å²) in [4.78, 5) is 27.5. The van der Waals surface area contributed by atoms with Gasteiger partial charge in [0.1, 0.15) is 5.75 Å². The number of ether oxygens (including phenoxy) is 1. The first kappa shape index (κ1) is 18.1. The van der Waals surface area contributed by atoms with Crippen molar-refractivity contribution in [2.24, 2.45) is 5.92 Å². The van der Waals surface area contributed by atoms with Crippen molar-refractivity contribution in [1.82, 2.24) is 4.90 Å². The average molecular weight is 352 g/mol. The Morgan fingerprint density at radius 2 is 1.81 bits per heavy atom. The number of ketones is 1. The number of nitrogens with zero attached hydrogens (tertiary/aromatic N) is 1. The van der Waals surface area contributed by atoms with Crippen LogP contribution in [0.2, 0.25) is 0 Å². The molecule has 0 saturated carbocycles. The normalized spacial score (nSPS) is 15.5. The van der Waals surface area contributed by atoms with Crippen LogP contribution in [0.25, 0.3) is 0 Å². The number of hydrogen-bond donors (Lipinski definition) is 1. The monoisotopic (exact) mass is 352 g/mol. The summed E-state index contributed by atoms with van der Waals surface area (Å²) < 4.78 is 5.24. The summed E-state index contributed by atoms with van der Waals surface area (Å²) in [6, 6.07) is 14.2. The molecule has 1 saturated heterocycles. The number of piperidine rings is 1. The van der Waals surface area contributed by atoms with E-state index in [-0.39, 0.29) is 17.6 Å². The van der Waals surface area contributed by atoms with Crippen molar-refractivity contribution in [1.29, 1.82) is 0 Å². The summed E-state index contributed by atoms with van der Waals surface area (Å²) in [5.41, 5.74) is 1.72. The number of benzene rings is 2. The van der Waals surface area contributed by atoms with Gasteiger partial charge in [-0.3, -0.25) is 9.59 Å². The maximum Gasteiger partial charge on any atom is 0.259 e. The van der Waals surface area contributed by atoms with Crippen LogP contribution in [0.1, 0.15) is 33.6 Å². The highest BCUT2D eigenvalue weighted by atomic mass is 16.5. The highest BCUT2D eigenvalue weighted by Gasteiger charge is 2.24. The number of Topliss-reactive ketones (excluding diaryl/α,β-unsaturated/α-hetero) is 1. The second-order valence-corrected chi connectivity index (χ2v) is 6.68. The van der Waals surface area contributed by atoms with Gasteiger partial charge in [0.2, 0.25) is 0 Å². The van der Waals surface area contributed by atoms with Crippen LogP contribution in [0, 0.1) is 5.92 Å². The van der Waals surface area contributed by atoms with Gasteiger partial charge < -0.3 is 15.0 Å². The molecule has 0 aromatic heterocycles. The minimum absolute atomic E-state index is 0.0615. The standard InChI is InChI=1S/C21H24N2O3/c1-23-12-10-15(11-13-23)20(24)16-6-5-7-17(14-16)22-21(25)18-8-3-4-9-19(18)26-2/h3-9,14-15H,10-13H2,1-2H3,(H,22,25). The van der Waals surface area contributed by atoms with E-state index in [4.69, 9.17) is 4.74 Å². The molecule has 1 aliphatic heterocycles. The number of hydrogen-bond acceptors (Lipinski definition) is 4. The number of para-hydroxylation sites is 1. The van der Waals surface area contributed by atoms with Gasteiger partial charge in [-0.25, -0.2) is 0 Å². The molecule has 5 heteroatoms. The number of nitrogens with one attached hydrogen (secondary N) is 1. The molecule has 0 atom stereocenters. The second kappa shape index (κ2) is 8.15. The lowest BCUT2D eigenvalue weighted by Crippen LogP contribution is -2.33. The molecule has 1 fully saturated rings. The first-order chi connectivity index (χ1) is 12.6. The molecule has 0 spiro atoms. The lowest BCUT2D eigenvalue weighted by atomic mass is 9.89. The van der Waals surface area contributed by atoms with Crippen molar-refractivity contribution in [3.05, 3.63) is 59.7 Å². The molecule has 26 heavy (non-hydrogen) atoms. The Labute approximate surface area is 154 Å². The molecule has 0 radical (unpaired) electrons. The number of carbonyl (C=O) groups excluding carboxylic acids is 2. The lowest BCUT2D eigenvalue weighted by molar-refractivity contribution is 0.0856. The number of anilines is 1. The quantitative estimate of drug-likeness (QED) is 0.837. The minimum Gasteiger partial charge on any atom is -0.496 e. The molecule has 0 unspecified atom stereocenters. The zero-order chi connectivity index (χ0) is 18.5. The third kappa shape index (κ3) is 4.11. The molecule has 0 bridgehead atoms. The molecule has 2 aromatic rings. The van der Waals surface area contributed by atoms with Gasteiger partial charge in [-0.15, -0.1) is 0 Å². The molecule has 1 heterocycles. The molecular weight excluding hydrogens is 328 g/mol. The fourth-order valence-electron chi connectivity index (χ4n) is 3.29. The molecular formula is C21H24N2O3. The first-order valence-corrected chi connectivity index (χ1v) is 8.85. The summed E-state index contributed by atoms with van der Waals surface area (Å²) in [5, 5.41) is 2.86. The Morgan fingerprint density at radius 1 is 1.08 bits per heavy atom. The van der Waals surface area contributed by atoms with Crippen molar-refractivity contribution in [3.63, 3.8) is 0 Å². The van der Waals surface area contributed by atoms with Gasteiger partial charge in [-0.1, -0.05) is 24.3 Å². The predicted octanol–water partition coefficient (Wildman–Crippen LogP) is 3.47. The first-order valence-electron chi connectivity index (χ1n) is 8.85. The van der Waals surface area contributed by atoms with Gasteiger partial charge >= 0.3 is 0 Å². The van der Waals surface area contributed by atoms with E-state index >= 15 is 0 Å². The maximum absolute atomic E-state index is 12.8. The number of methoxy groups -OCH3 is 1. The fourth-order valence-corrected chi connectivity index (χ4v) is 3.29. The van der Waals surface area contributed by atoms with Gasteiger partial charge in [-0.2, -0.15) is 0 Å². The van der Waals surface area contributed by atoms with E-state index in [9.17, 15) is 9.59 Å². The number of rotatable bonds is 5. The van der Waals surface area contributed by atoms with E-state index in [0.717, 1.165) is 25.9 Å². The van der Waals surface area contributed by atoms with Crippen LogP contribution in [-0.2, 0) is 0 Å². The van der Waals surface area contributed by atoms with Gasteiger partial charge in [0, 0.05) is 17.2 Å². The molecule has 1 aliphatic rings. The van der Waals surface area contributed by atoms with Gasteiger partial charge in [0.05, 0.1) is 12.7 Å². The van der Waals surface area contributed by atoms with E-state index in [1.54, 1.807) is 36.4 Å². The molecule has 0 aliphatic carbocycles. The number of carbonyl (C=O) groups is 2. The molecule has 1 N–H and O–H groups in total. The Bertz CT molecular complexity index is 795. The second-order valence-electron chi connectivity index (χ2n) is 6.68. The van der Waals surface area contributed by atoms with Crippen molar-refractivity contribution < 1.29 is 14.3 Å². The lowest BCUT2D eigenvalue weighted by Gasteiger charge is -2.28. The van der Waals surface area contributed by atoms with Crippen molar-refractivity contribution in [2.45, 2.75) is 12.8 Å². The maximum atomic E-state index is 12.8. The third-order valence-electron chi connectivity index (χ3n) is 4.85. The highest BCUT2D eigenvalue weighted by Crippen LogP contribution is 2.24. The van der Waals surface area contributed by atoms with E-state index in [0.29, 0.717) is 22.6 Å². The number of amides is 1. The zero-order valence-electron chi connectivity index (χ0n) is 15.2. The van der Waals surface area contributed by atoms with Crippen LogP contribution in [0.15, 0.2) is 48.5 Å². The van der Waals surface area contributed by atoms with Crippen LogP contribution in [-0.4, -0.2) is 43.8 Å². The van der Waals surface area contributed by atoms with Crippen LogP contribution >= 0.6 is 0 Å². The molecule has 3 rings (SSSR count). The minimum atomic E-state index is -0.258. The van der Waals surface area contributed by atoms with Crippen molar-refractivity contribution in [3.8, 4) is 5.75 Å². The highest BCUT2D eigenvalue weighted by molar-refractivity contribution is 6.07. The summed E-state index contributed by atoms with van der Waals surface area (Å²) >= 11 is 0. The molecule has 5 nitrogen and oxygen atoms in total. The summed E-state index contributed by atoms with van der Waals surface area (Å²) in [6.45, 7) is 1.89. The van der Waals surface area contributed by atoms with Crippen LogP contribution in [0.5, 0.6) is 5.75 Å². The van der Waals surface area contributed by atoms with Crippen LogP contribution in [0.4, 0.5) is 5.69 Å². The van der Waals surface area contributed by atoms with Gasteiger partial charge in [0.15, 0.2) is 5.78 Å². The summed E-state index contributed by atoms with van der Waals surface area (Å²) in [5.74, 6) is 0.479. The Kier molecular flexibility index (Phi) is 5.68. The fraction of sp³-hybridized carbons (Fsp3) is 0.333. The van der Waals surface area contributed by atoms with Crippen LogP contribution in [0.3, 0.4) is 0 Å². The van der Waals surface area contributed by atoms with E-state index in [1.807, 2.05) is 12.1 Å².